The summed E-state index contributed by atoms with van der Waals surface area (Å²) < 4.78 is 0. The Bertz CT molecular complexity index is 251. The Labute approximate surface area is 64.8 Å². The first kappa shape index (κ1) is 7.92. The van der Waals surface area contributed by atoms with E-state index in [9.17, 15) is 9.59 Å². The first-order valence-electron chi connectivity index (χ1n) is 3.25. The molecular formula is C8H8NO2. The third kappa shape index (κ3) is 1.04. The van der Waals surface area contributed by atoms with Gasteiger partial charge in [0.1, 0.15) is 0 Å². The average molecular weight is 150 g/mol. The second kappa shape index (κ2) is 2.82. The Morgan fingerprint density at radius 3 is 2.55 bits per heavy atom. The van der Waals surface area contributed by atoms with E-state index in [2.05, 4.69) is 23.7 Å². The Kier molecular flexibility index (Phi) is 2.03. The van der Waals surface area contributed by atoms with Crippen LogP contribution in [-0.4, -0.2) is 24.7 Å². The molecule has 0 spiro atoms. The van der Waals surface area contributed by atoms with Gasteiger partial charge in [0.25, 0.3) is 0 Å². The van der Waals surface area contributed by atoms with Gasteiger partial charge in [0.2, 0.25) is 11.6 Å². The lowest BCUT2D eigenvalue weighted by atomic mass is 9.77. The number of rotatable bonds is 2. The lowest BCUT2D eigenvalue weighted by Crippen LogP contribution is -2.58. The zero-order valence-corrected chi connectivity index (χ0v) is 6.18. The molecule has 3 nitrogen and oxygen atoms in total. The van der Waals surface area contributed by atoms with Crippen molar-refractivity contribution in [3.63, 3.8) is 0 Å². The summed E-state index contributed by atoms with van der Waals surface area (Å²) in [5, 5.41) is 2.72. The zero-order valence-electron chi connectivity index (χ0n) is 6.18. The minimum atomic E-state index is -0.468. The summed E-state index contributed by atoms with van der Waals surface area (Å²) in [6.07, 6.45) is 2.57. The van der Waals surface area contributed by atoms with Crippen LogP contribution in [0.25, 0.3) is 0 Å². The molecule has 1 fully saturated rings. The van der Waals surface area contributed by atoms with Crippen LogP contribution in [-0.2, 0) is 9.59 Å². The molecule has 1 N–H and O–H groups in total. The third-order valence-electron chi connectivity index (χ3n) is 1.71. The lowest BCUT2D eigenvalue weighted by molar-refractivity contribution is -0.148. The quantitative estimate of drug-likeness (QED) is 0.426. The van der Waals surface area contributed by atoms with Crippen LogP contribution < -0.4 is 5.32 Å². The average Bonchev–Trinajstić information content (AvgIpc) is 2.04. The summed E-state index contributed by atoms with van der Waals surface area (Å²) in [7, 11) is 1.63. The van der Waals surface area contributed by atoms with Crippen LogP contribution >= 0.6 is 0 Å². The molecule has 1 aliphatic rings. The molecule has 11 heavy (non-hydrogen) atoms. The first-order valence-corrected chi connectivity index (χ1v) is 3.25. The van der Waals surface area contributed by atoms with E-state index >= 15 is 0 Å². The second-order valence-electron chi connectivity index (χ2n) is 2.29. The number of hydrogen-bond donors (Lipinski definition) is 1. The molecule has 2 atom stereocenters. The molecule has 1 rings (SSSR count). The Morgan fingerprint density at radius 1 is 1.45 bits per heavy atom. The number of carbonyl (C=O) groups is 2. The Morgan fingerprint density at radius 2 is 2.09 bits per heavy atom. The van der Waals surface area contributed by atoms with E-state index < -0.39 is 17.7 Å². The highest BCUT2D eigenvalue weighted by atomic mass is 16.2. The Balaban J connectivity index is 2.75. The van der Waals surface area contributed by atoms with E-state index in [1.54, 1.807) is 7.05 Å². The van der Waals surface area contributed by atoms with Crippen molar-refractivity contribution in [1.29, 1.82) is 0 Å². The van der Waals surface area contributed by atoms with Gasteiger partial charge in [-0.1, -0.05) is 6.58 Å². The van der Waals surface area contributed by atoms with Crippen molar-refractivity contribution in [2.24, 2.45) is 5.92 Å². The van der Waals surface area contributed by atoms with Crippen LogP contribution in [0.2, 0.25) is 0 Å². The summed E-state index contributed by atoms with van der Waals surface area (Å²) >= 11 is 0. The van der Waals surface area contributed by atoms with Crippen LogP contribution in [0.1, 0.15) is 0 Å². The van der Waals surface area contributed by atoms with Crippen LogP contribution in [0.15, 0.2) is 12.3 Å². The largest absolute Gasteiger partial charge is 0.309 e. The molecule has 0 bridgehead atoms. The van der Waals surface area contributed by atoms with Gasteiger partial charge in [0.15, 0.2) is 0 Å². The molecule has 0 aromatic carbocycles. The van der Waals surface area contributed by atoms with E-state index in [1.807, 2.05) is 0 Å². The predicted molar refractivity (Wildman–Crippen MR) is 38.7 cm³/mol. The zero-order chi connectivity index (χ0) is 8.43. The molecule has 0 aromatic heterocycles. The molecule has 57 valence electrons. The maximum Gasteiger partial charge on any atom is 0.217 e. The highest BCUT2D eigenvalue weighted by Crippen LogP contribution is 2.19. The molecule has 1 radical (unpaired) electrons. The van der Waals surface area contributed by atoms with Crippen LogP contribution in [0.3, 0.4) is 0 Å². The number of carbonyl (C=O) groups excluding carboxylic acids is 2. The SMILES string of the molecule is C=C=[C]C1C(=O)C(=O)C1NC. The van der Waals surface area contributed by atoms with E-state index in [4.69, 9.17) is 0 Å². The molecule has 0 saturated heterocycles. The van der Waals surface area contributed by atoms with E-state index in [0.29, 0.717) is 0 Å². The Hall–Kier alpha value is -1.18. The fourth-order valence-corrected chi connectivity index (χ4v) is 1.07. The molecule has 0 heterocycles. The minimum Gasteiger partial charge on any atom is -0.309 e. The highest BCUT2D eigenvalue weighted by molar-refractivity contribution is 6.47. The predicted octanol–water partition coefficient (Wildman–Crippen LogP) is -0.513. The van der Waals surface area contributed by atoms with Crippen molar-refractivity contribution in [3.8, 4) is 0 Å². The molecule has 0 amide bonds. The van der Waals surface area contributed by atoms with Gasteiger partial charge in [-0.05, 0) is 7.05 Å². The topological polar surface area (TPSA) is 46.2 Å². The first-order chi connectivity index (χ1) is 5.22. The molecular weight excluding hydrogens is 142 g/mol. The number of nitrogens with one attached hydrogen (secondary N) is 1. The smallest absolute Gasteiger partial charge is 0.217 e. The highest BCUT2D eigenvalue weighted by Gasteiger charge is 2.46. The standard InChI is InChI=1S/C8H8NO2/c1-3-4-5-6(9-2)8(11)7(5)10/h5-6,9H,1H2,2H3. The maximum absolute atomic E-state index is 10.8. The van der Waals surface area contributed by atoms with Crippen molar-refractivity contribution in [2.45, 2.75) is 6.04 Å². The van der Waals surface area contributed by atoms with E-state index in [0.717, 1.165) is 0 Å². The monoisotopic (exact) mass is 150 g/mol. The third-order valence-corrected chi connectivity index (χ3v) is 1.71. The van der Waals surface area contributed by atoms with E-state index in [1.165, 1.54) is 0 Å². The van der Waals surface area contributed by atoms with Crippen LogP contribution in [0.4, 0.5) is 0 Å². The normalized spacial score (nSPS) is 29.2. The summed E-state index contributed by atoms with van der Waals surface area (Å²) in [5.41, 5.74) is 2.37. The van der Waals surface area contributed by atoms with Crippen molar-refractivity contribution >= 4 is 11.6 Å². The number of hydrogen-bond acceptors (Lipinski definition) is 3. The number of ketones is 2. The minimum absolute atomic E-state index is 0.375. The van der Waals surface area contributed by atoms with Gasteiger partial charge in [0, 0.05) is 6.08 Å². The van der Waals surface area contributed by atoms with Crippen LogP contribution in [0, 0.1) is 12.0 Å². The summed E-state index contributed by atoms with van der Waals surface area (Å²) in [4.78, 5) is 21.6. The summed E-state index contributed by atoms with van der Waals surface area (Å²) in [6.45, 7) is 3.28. The van der Waals surface area contributed by atoms with Crippen LogP contribution in [0.5, 0.6) is 0 Å². The van der Waals surface area contributed by atoms with Gasteiger partial charge >= 0.3 is 0 Å². The number of likely N-dealkylation sites (N-methyl/N-ethyl adjacent to an activating group) is 1. The molecule has 1 saturated carbocycles. The van der Waals surface area contributed by atoms with Crippen molar-refractivity contribution in [2.75, 3.05) is 7.05 Å². The molecule has 0 aromatic rings. The molecule has 2 unspecified atom stereocenters. The lowest BCUT2D eigenvalue weighted by Gasteiger charge is -2.29. The van der Waals surface area contributed by atoms with Crippen molar-refractivity contribution in [3.05, 3.63) is 18.4 Å². The molecule has 3 heteroatoms. The summed E-state index contributed by atoms with van der Waals surface area (Å²) in [6, 6.07) is -0.406. The maximum atomic E-state index is 10.8. The van der Waals surface area contributed by atoms with Gasteiger partial charge < -0.3 is 5.32 Å². The van der Waals surface area contributed by atoms with E-state index in [-0.39, 0.29) is 5.78 Å². The molecule has 1 aliphatic carbocycles. The van der Waals surface area contributed by atoms with Crippen molar-refractivity contribution in [1.82, 2.24) is 5.32 Å². The van der Waals surface area contributed by atoms with Gasteiger partial charge in [-0.15, -0.1) is 5.73 Å². The van der Waals surface area contributed by atoms with Gasteiger partial charge in [0.05, 0.1) is 12.0 Å². The number of Topliss-reactive ketones (excluding diaryl/α,β-unsaturated/α-hetero) is 2. The molecule has 0 aliphatic heterocycles. The van der Waals surface area contributed by atoms with Gasteiger partial charge in [-0.2, -0.15) is 0 Å². The fraction of sp³-hybridized carbons (Fsp3) is 0.375. The van der Waals surface area contributed by atoms with Crippen molar-refractivity contribution < 1.29 is 9.59 Å². The second-order valence-corrected chi connectivity index (χ2v) is 2.29. The van der Waals surface area contributed by atoms with Gasteiger partial charge in [-0.3, -0.25) is 9.59 Å². The summed E-state index contributed by atoms with van der Waals surface area (Å²) in [5.74, 6) is -1.24. The van der Waals surface area contributed by atoms with Gasteiger partial charge in [-0.25, -0.2) is 0 Å². The fourth-order valence-electron chi connectivity index (χ4n) is 1.07.